The third kappa shape index (κ3) is 7.74. The Balaban J connectivity index is 1.70. The van der Waals surface area contributed by atoms with Crippen LogP contribution in [0.4, 0.5) is 5.69 Å². The first kappa shape index (κ1) is 31.2. The smallest absolute Gasteiger partial charge is 0.264 e. The highest BCUT2D eigenvalue weighted by Gasteiger charge is 2.33. The van der Waals surface area contributed by atoms with E-state index in [9.17, 15) is 18.0 Å². The van der Waals surface area contributed by atoms with Gasteiger partial charge in [-0.1, -0.05) is 71.4 Å². The minimum atomic E-state index is -4.16. The highest BCUT2D eigenvalue weighted by atomic mass is 35.5. The molecule has 41 heavy (non-hydrogen) atoms. The molecule has 0 aromatic heterocycles. The van der Waals surface area contributed by atoms with Gasteiger partial charge < -0.3 is 10.2 Å². The summed E-state index contributed by atoms with van der Waals surface area (Å²) in [6.45, 7) is 2.92. The van der Waals surface area contributed by atoms with E-state index in [1.54, 1.807) is 49.4 Å². The molecule has 1 aliphatic rings. The van der Waals surface area contributed by atoms with Crippen molar-refractivity contribution in [2.45, 2.75) is 63.1 Å². The van der Waals surface area contributed by atoms with Crippen LogP contribution >= 0.6 is 34.8 Å². The lowest BCUT2D eigenvalue weighted by molar-refractivity contribution is -0.139. The topological polar surface area (TPSA) is 86.8 Å². The van der Waals surface area contributed by atoms with Crippen molar-refractivity contribution in [3.05, 3.63) is 92.9 Å². The van der Waals surface area contributed by atoms with Crippen LogP contribution in [-0.2, 0) is 26.2 Å². The number of sulfonamides is 1. The molecule has 0 heterocycles. The van der Waals surface area contributed by atoms with Crippen molar-refractivity contribution in [2.24, 2.45) is 0 Å². The number of nitrogens with one attached hydrogen (secondary N) is 1. The summed E-state index contributed by atoms with van der Waals surface area (Å²) in [7, 11) is -4.16. The van der Waals surface area contributed by atoms with Crippen LogP contribution in [0.2, 0.25) is 15.1 Å². The summed E-state index contributed by atoms with van der Waals surface area (Å²) in [6, 6.07) is 16.6. The predicted molar refractivity (Wildman–Crippen MR) is 164 cm³/mol. The van der Waals surface area contributed by atoms with Crippen LogP contribution < -0.4 is 9.62 Å². The first-order valence-corrected chi connectivity index (χ1v) is 15.9. The van der Waals surface area contributed by atoms with Crippen LogP contribution in [-0.4, -0.2) is 43.8 Å². The van der Waals surface area contributed by atoms with E-state index in [4.69, 9.17) is 34.8 Å². The van der Waals surface area contributed by atoms with Gasteiger partial charge in [-0.05, 0) is 80.8 Å². The van der Waals surface area contributed by atoms with Crippen molar-refractivity contribution >= 4 is 62.3 Å². The van der Waals surface area contributed by atoms with Crippen LogP contribution in [0.1, 0.15) is 43.7 Å². The second kappa shape index (κ2) is 13.5. The Hall–Kier alpha value is -2.78. The van der Waals surface area contributed by atoms with E-state index >= 15 is 0 Å². The molecule has 0 saturated heterocycles. The Morgan fingerprint density at radius 2 is 1.54 bits per heavy atom. The maximum Gasteiger partial charge on any atom is 0.264 e. The van der Waals surface area contributed by atoms with Gasteiger partial charge in [0.1, 0.15) is 12.6 Å². The summed E-state index contributed by atoms with van der Waals surface area (Å²) in [5.74, 6) is -0.884. The molecule has 1 aliphatic carbocycles. The highest BCUT2D eigenvalue weighted by Crippen LogP contribution is 2.28. The normalized spacial score (nSPS) is 14.5. The van der Waals surface area contributed by atoms with Crippen molar-refractivity contribution in [3.8, 4) is 0 Å². The number of hydrogen-bond donors (Lipinski definition) is 1. The van der Waals surface area contributed by atoms with Crippen LogP contribution in [0.15, 0.2) is 71.6 Å². The van der Waals surface area contributed by atoms with Crippen molar-refractivity contribution in [2.75, 3.05) is 10.8 Å². The molecule has 1 fully saturated rings. The van der Waals surface area contributed by atoms with Gasteiger partial charge in [-0.25, -0.2) is 8.42 Å². The number of nitrogens with zero attached hydrogens (tertiary/aromatic N) is 2. The molecule has 3 aromatic rings. The van der Waals surface area contributed by atoms with Crippen LogP contribution in [0, 0.1) is 6.92 Å². The Morgan fingerprint density at radius 3 is 2.15 bits per heavy atom. The maximum atomic E-state index is 14.0. The molecule has 1 N–H and O–H groups in total. The van der Waals surface area contributed by atoms with E-state index in [1.165, 1.54) is 29.2 Å². The third-order valence-corrected chi connectivity index (χ3v) is 9.85. The molecule has 218 valence electrons. The molecule has 4 rings (SSSR count). The Bertz CT molecular complexity index is 1490. The Morgan fingerprint density at radius 1 is 0.927 bits per heavy atom. The standard InChI is InChI=1S/C30H32Cl3N3O4S/c1-20-7-15-27(16-8-20)41(39,40)36(26-13-11-23(31)12-14-26)19-29(37)35(18-22-9-10-24(32)17-28(22)33)21(2)30(38)34-25-5-3-4-6-25/h7-17,21,25H,3-6,18-19H2,1-2H3,(H,34,38)/t21-/m1/s1. The zero-order chi connectivity index (χ0) is 29.7. The molecule has 1 saturated carbocycles. The van der Waals surface area contributed by atoms with E-state index in [-0.39, 0.29) is 29.1 Å². The van der Waals surface area contributed by atoms with E-state index in [0.717, 1.165) is 35.6 Å². The van der Waals surface area contributed by atoms with E-state index in [2.05, 4.69) is 5.32 Å². The van der Waals surface area contributed by atoms with Gasteiger partial charge in [0, 0.05) is 27.7 Å². The van der Waals surface area contributed by atoms with Gasteiger partial charge in [0.15, 0.2) is 0 Å². The fraction of sp³-hybridized carbons (Fsp3) is 0.333. The number of amides is 2. The quantitative estimate of drug-likeness (QED) is 0.271. The maximum absolute atomic E-state index is 14.0. The SMILES string of the molecule is Cc1ccc(S(=O)(=O)N(CC(=O)N(Cc2ccc(Cl)cc2Cl)[C@H](C)C(=O)NC2CCCC2)c2ccc(Cl)cc2)cc1. The number of benzene rings is 3. The van der Waals surface area contributed by atoms with Gasteiger partial charge in [-0.15, -0.1) is 0 Å². The van der Waals surface area contributed by atoms with Crippen LogP contribution in [0.25, 0.3) is 0 Å². The predicted octanol–water partition coefficient (Wildman–Crippen LogP) is 6.63. The molecule has 2 amide bonds. The summed E-state index contributed by atoms with van der Waals surface area (Å²) < 4.78 is 28.8. The van der Waals surface area contributed by atoms with Crippen molar-refractivity contribution < 1.29 is 18.0 Å². The second-order valence-corrected chi connectivity index (χ2v) is 13.4. The lowest BCUT2D eigenvalue weighted by Gasteiger charge is -2.32. The second-order valence-electron chi connectivity index (χ2n) is 10.2. The van der Waals surface area contributed by atoms with Gasteiger partial charge in [0.05, 0.1) is 10.6 Å². The Kier molecular flexibility index (Phi) is 10.2. The summed E-state index contributed by atoms with van der Waals surface area (Å²) >= 11 is 18.6. The van der Waals surface area contributed by atoms with Crippen molar-refractivity contribution in [3.63, 3.8) is 0 Å². The first-order chi connectivity index (χ1) is 19.5. The van der Waals surface area contributed by atoms with Gasteiger partial charge in [0.2, 0.25) is 11.8 Å². The minimum Gasteiger partial charge on any atom is -0.352 e. The molecule has 1 atom stereocenters. The van der Waals surface area contributed by atoms with E-state index < -0.39 is 28.5 Å². The number of carbonyl (C=O) groups excluding carboxylic acids is 2. The van der Waals surface area contributed by atoms with Crippen LogP contribution in [0.5, 0.6) is 0 Å². The molecular weight excluding hydrogens is 605 g/mol. The number of halogens is 3. The van der Waals surface area contributed by atoms with Gasteiger partial charge in [-0.2, -0.15) is 0 Å². The van der Waals surface area contributed by atoms with Crippen molar-refractivity contribution in [1.82, 2.24) is 10.2 Å². The number of anilines is 1. The molecule has 7 nitrogen and oxygen atoms in total. The average Bonchev–Trinajstić information content (AvgIpc) is 3.44. The number of rotatable bonds is 10. The highest BCUT2D eigenvalue weighted by molar-refractivity contribution is 7.92. The molecule has 0 aliphatic heterocycles. The van der Waals surface area contributed by atoms with Crippen LogP contribution in [0.3, 0.4) is 0 Å². The third-order valence-electron chi connectivity index (χ3n) is 7.23. The van der Waals surface area contributed by atoms with Crippen molar-refractivity contribution in [1.29, 1.82) is 0 Å². The van der Waals surface area contributed by atoms with Gasteiger partial charge in [0.25, 0.3) is 10.0 Å². The summed E-state index contributed by atoms with van der Waals surface area (Å²) in [5.41, 5.74) is 1.73. The zero-order valence-corrected chi connectivity index (χ0v) is 25.9. The fourth-order valence-corrected chi connectivity index (χ4v) is 6.79. The fourth-order valence-electron chi connectivity index (χ4n) is 4.78. The average molecular weight is 637 g/mol. The molecular formula is C30H32Cl3N3O4S. The number of hydrogen-bond acceptors (Lipinski definition) is 4. The number of aryl methyl sites for hydroxylation is 1. The molecule has 0 radical (unpaired) electrons. The summed E-state index contributed by atoms with van der Waals surface area (Å²) in [6.07, 6.45) is 3.84. The molecule has 0 spiro atoms. The monoisotopic (exact) mass is 635 g/mol. The number of carbonyl (C=O) groups is 2. The minimum absolute atomic E-state index is 0.0207. The summed E-state index contributed by atoms with van der Waals surface area (Å²) in [4.78, 5) is 28.7. The molecule has 0 unspecified atom stereocenters. The Labute approximate surface area is 256 Å². The lowest BCUT2D eigenvalue weighted by atomic mass is 10.1. The van der Waals surface area contributed by atoms with E-state index in [1.807, 2.05) is 6.92 Å². The largest absolute Gasteiger partial charge is 0.352 e. The lowest BCUT2D eigenvalue weighted by Crippen LogP contribution is -2.52. The van der Waals surface area contributed by atoms with E-state index in [0.29, 0.717) is 20.6 Å². The van der Waals surface area contributed by atoms with Gasteiger partial charge >= 0.3 is 0 Å². The summed E-state index contributed by atoms with van der Waals surface area (Å²) in [5, 5.41) is 4.23. The molecule has 3 aromatic carbocycles. The molecule has 11 heteroatoms. The first-order valence-electron chi connectivity index (χ1n) is 13.3. The molecule has 0 bridgehead atoms. The zero-order valence-electron chi connectivity index (χ0n) is 22.8. The van der Waals surface area contributed by atoms with Gasteiger partial charge in [-0.3, -0.25) is 13.9 Å².